The molecule has 0 aromatic heterocycles. The molecule has 2 N–H and O–H groups in total. The molecule has 0 aliphatic carbocycles. The second-order valence-electron chi connectivity index (χ2n) is 4.84. The smallest absolute Gasteiger partial charge is 0.239 e. The number of amides is 1. The zero-order chi connectivity index (χ0) is 13.0. The number of halogens is 1. The molecule has 1 amide bonds. The maximum Gasteiger partial charge on any atom is 0.239 e. The molecule has 3 nitrogen and oxygen atoms in total. The summed E-state index contributed by atoms with van der Waals surface area (Å²) in [5.41, 5.74) is 6.81. The van der Waals surface area contributed by atoms with Gasteiger partial charge in [-0.2, -0.15) is 0 Å². The van der Waals surface area contributed by atoms with E-state index in [1.54, 1.807) is 11.8 Å². The van der Waals surface area contributed by atoms with Crippen LogP contribution in [0.2, 0.25) is 0 Å². The van der Waals surface area contributed by atoms with Crippen LogP contribution in [0.15, 0.2) is 30.3 Å². The standard InChI is InChI=1S/C14H22N2O.ClH/c1-10(2)13(12-8-6-5-7-9-12)16(4)14(17)11(3)15;/h5-11,13H,15H2,1-4H3;1H/t11-,13?;/m0./s1. The van der Waals surface area contributed by atoms with Crippen LogP contribution in [0.3, 0.4) is 0 Å². The van der Waals surface area contributed by atoms with Gasteiger partial charge in [0.1, 0.15) is 0 Å². The summed E-state index contributed by atoms with van der Waals surface area (Å²) in [5, 5.41) is 0. The molecular formula is C14H23ClN2O. The molecule has 18 heavy (non-hydrogen) atoms. The molecule has 1 aromatic carbocycles. The molecule has 0 saturated heterocycles. The molecule has 2 atom stereocenters. The highest BCUT2D eigenvalue weighted by molar-refractivity contribution is 5.85. The van der Waals surface area contributed by atoms with Gasteiger partial charge in [0.15, 0.2) is 0 Å². The second kappa shape index (κ2) is 7.39. The molecule has 0 radical (unpaired) electrons. The normalized spacial score (nSPS) is 13.7. The van der Waals surface area contributed by atoms with E-state index in [0.717, 1.165) is 5.56 Å². The highest BCUT2D eigenvalue weighted by Crippen LogP contribution is 2.27. The summed E-state index contributed by atoms with van der Waals surface area (Å²) >= 11 is 0. The summed E-state index contributed by atoms with van der Waals surface area (Å²) in [5.74, 6) is 0.331. The first-order valence-corrected chi connectivity index (χ1v) is 6.02. The van der Waals surface area contributed by atoms with E-state index in [1.807, 2.05) is 25.2 Å². The maximum atomic E-state index is 12.0. The van der Waals surface area contributed by atoms with E-state index in [4.69, 9.17) is 5.73 Å². The number of rotatable bonds is 4. The highest BCUT2D eigenvalue weighted by atomic mass is 35.5. The molecule has 0 bridgehead atoms. The van der Waals surface area contributed by atoms with E-state index >= 15 is 0 Å². The lowest BCUT2D eigenvalue weighted by atomic mass is 9.94. The van der Waals surface area contributed by atoms with Crippen molar-refractivity contribution in [3.8, 4) is 0 Å². The minimum atomic E-state index is -0.454. The monoisotopic (exact) mass is 270 g/mol. The summed E-state index contributed by atoms with van der Waals surface area (Å²) in [7, 11) is 1.82. The molecule has 1 unspecified atom stereocenters. The van der Waals surface area contributed by atoms with Crippen molar-refractivity contribution in [1.82, 2.24) is 4.90 Å². The van der Waals surface area contributed by atoms with E-state index in [2.05, 4.69) is 26.0 Å². The van der Waals surface area contributed by atoms with E-state index in [0.29, 0.717) is 5.92 Å². The topological polar surface area (TPSA) is 46.3 Å². The number of hydrogen-bond donors (Lipinski definition) is 1. The van der Waals surface area contributed by atoms with Gasteiger partial charge in [-0.3, -0.25) is 4.79 Å². The van der Waals surface area contributed by atoms with Gasteiger partial charge in [0, 0.05) is 7.05 Å². The fourth-order valence-corrected chi connectivity index (χ4v) is 2.16. The summed E-state index contributed by atoms with van der Waals surface area (Å²) in [6, 6.07) is 9.70. The third-order valence-corrected chi connectivity index (χ3v) is 2.93. The molecule has 4 heteroatoms. The summed E-state index contributed by atoms with van der Waals surface area (Å²) in [4.78, 5) is 13.7. The van der Waals surface area contributed by atoms with Crippen LogP contribution in [0, 0.1) is 5.92 Å². The molecule has 102 valence electrons. The van der Waals surface area contributed by atoms with Crippen LogP contribution in [-0.4, -0.2) is 23.9 Å². The Labute approximate surface area is 116 Å². The molecule has 0 fully saturated rings. The summed E-state index contributed by atoms with van der Waals surface area (Å²) in [6.45, 7) is 5.95. The maximum absolute atomic E-state index is 12.0. The van der Waals surface area contributed by atoms with E-state index in [1.165, 1.54) is 0 Å². The Morgan fingerprint density at radius 1 is 1.17 bits per heavy atom. The zero-order valence-electron chi connectivity index (χ0n) is 11.5. The molecule has 0 saturated carbocycles. The molecule has 0 spiro atoms. The van der Waals surface area contributed by atoms with Gasteiger partial charge in [0.25, 0.3) is 0 Å². The quantitative estimate of drug-likeness (QED) is 0.914. The van der Waals surface area contributed by atoms with E-state index in [-0.39, 0.29) is 24.4 Å². The van der Waals surface area contributed by atoms with Crippen LogP contribution in [0.4, 0.5) is 0 Å². The van der Waals surface area contributed by atoms with Crippen LogP contribution < -0.4 is 5.73 Å². The van der Waals surface area contributed by atoms with Crippen LogP contribution in [0.5, 0.6) is 0 Å². The fraction of sp³-hybridized carbons (Fsp3) is 0.500. The van der Waals surface area contributed by atoms with Gasteiger partial charge in [0.05, 0.1) is 12.1 Å². The Bertz CT molecular complexity index is 365. The van der Waals surface area contributed by atoms with Crippen LogP contribution in [0.25, 0.3) is 0 Å². The van der Waals surface area contributed by atoms with Gasteiger partial charge in [-0.15, -0.1) is 12.4 Å². The van der Waals surface area contributed by atoms with Crippen molar-refractivity contribution in [1.29, 1.82) is 0 Å². The summed E-state index contributed by atoms with van der Waals surface area (Å²) < 4.78 is 0. The van der Waals surface area contributed by atoms with Crippen molar-refractivity contribution in [2.75, 3.05) is 7.05 Å². The Kier molecular flexibility index (Phi) is 6.96. The first-order valence-electron chi connectivity index (χ1n) is 6.02. The van der Waals surface area contributed by atoms with Crippen molar-refractivity contribution < 1.29 is 4.79 Å². The molecule has 0 aliphatic heterocycles. The number of nitrogens with zero attached hydrogens (tertiary/aromatic N) is 1. The molecule has 0 heterocycles. The second-order valence-corrected chi connectivity index (χ2v) is 4.84. The number of likely N-dealkylation sites (N-methyl/N-ethyl adjacent to an activating group) is 1. The number of benzene rings is 1. The lowest BCUT2D eigenvalue weighted by Gasteiger charge is -2.32. The van der Waals surface area contributed by atoms with Crippen molar-refractivity contribution in [2.45, 2.75) is 32.9 Å². The predicted molar refractivity (Wildman–Crippen MR) is 77.7 cm³/mol. The first kappa shape index (κ1) is 16.9. The van der Waals surface area contributed by atoms with Crippen molar-refractivity contribution in [3.63, 3.8) is 0 Å². The third-order valence-electron chi connectivity index (χ3n) is 2.93. The molecule has 0 aliphatic rings. The van der Waals surface area contributed by atoms with Gasteiger partial charge in [-0.05, 0) is 18.4 Å². The van der Waals surface area contributed by atoms with Gasteiger partial charge in [-0.1, -0.05) is 44.2 Å². The van der Waals surface area contributed by atoms with Crippen molar-refractivity contribution >= 4 is 18.3 Å². The van der Waals surface area contributed by atoms with Gasteiger partial charge in [-0.25, -0.2) is 0 Å². The average molecular weight is 271 g/mol. The Hall–Kier alpha value is -1.06. The third kappa shape index (κ3) is 4.00. The minimum absolute atomic E-state index is 0. The van der Waals surface area contributed by atoms with Gasteiger partial charge >= 0.3 is 0 Å². The Morgan fingerprint density at radius 2 is 1.67 bits per heavy atom. The van der Waals surface area contributed by atoms with Gasteiger partial charge < -0.3 is 10.6 Å². The van der Waals surface area contributed by atoms with Crippen molar-refractivity contribution in [3.05, 3.63) is 35.9 Å². The first-order chi connectivity index (χ1) is 7.95. The van der Waals surface area contributed by atoms with Crippen LogP contribution in [0.1, 0.15) is 32.4 Å². The van der Waals surface area contributed by atoms with Crippen LogP contribution >= 0.6 is 12.4 Å². The zero-order valence-corrected chi connectivity index (χ0v) is 12.3. The van der Waals surface area contributed by atoms with Crippen molar-refractivity contribution in [2.24, 2.45) is 11.7 Å². The molecule has 1 aromatic rings. The highest BCUT2D eigenvalue weighted by Gasteiger charge is 2.25. The molecule has 1 rings (SSSR count). The number of nitrogens with two attached hydrogens (primary N) is 1. The SMILES string of the molecule is CC(C)C(c1ccccc1)N(C)C(=O)[C@H](C)N.Cl. The number of carbonyl (C=O) groups is 1. The van der Waals surface area contributed by atoms with Crippen LogP contribution in [-0.2, 0) is 4.79 Å². The number of carbonyl (C=O) groups excluding carboxylic acids is 1. The van der Waals surface area contributed by atoms with E-state index in [9.17, 15) is 4.79 Å². The molecular weight excluding hydrogens is 248 g/mol. The Balaban J connectivity index is 0.00000289. The summed E-state index contributed by atoms with van der Waals surface area (Å²) in [6.07, 6.45) is 0. The fourth-order valence-electron chi connectivity index (χ4n) is 2.16. The van der Waals surface area contributed by atoms with E-state index < -0.39 is 6.04 Å². The Morgan fingerprint density at radius 3 is 2.06 bits per heavy atom. The predicted octanol–water partition coefficient (Wildman–Crippen LogP) is 2.61. The average Bonchev–Trinajstić information content (AvgIpc) is 2.28. The minimum Gasteiger partial charge on any atom is -0.337 e. The van der Waals surface area contributed by atoms with Gasteiger partial charge in [0.2, 0.25) is 5.91 Å². The number of hydrogen-bond acceptors (Lipinski definition) is 2. The largest absolute Gasteiger partial charge is 0.337 e. The lowest BCUT2D eigenvalue weighted by Crippen LogP contribution is -2.43. The lowest BCUT2D eigenvalue weighted by molar-refractivity contribution is -0.134.